The van der Waals surface area contributed by atoms with E-state index in [0.717, 1.165) is 24.0 Å². The second-order valence-corrected chi connectivity index (χ2v) is 9.24. The van der Waals surface area contributed by atoms with E-state index in [0.29, 0.717) is 5.92 Å². The van der Waals surface area contributed by atoms with Gasteiger partial charge in [0.15, 0.2) is 11.6 Å². The predicted molar refractivity (Wildman–Crippen MR) is 108 cm³/mol. The van der Waals surface area contributed by atoms with Crippen LogP contribution in [0.4, 0.5) is 23.0 Å². The molecule has 4 aliphatic heterocycles. The number of hydrogen-bond donors (Lipinski definition) is 0. The highest BCUT2D eigenvalue weighted by atomic mass is 15.5. The third-order valence-electron chi connectivity index (χ3n) is 8.22. The van der Waals surface area contributed by atoms with Gasteiger partial charge in [0, 0.05) is 29.2 Å². The Labute approximate surface area is 163 Å². The van der Waals surface area contributed by atoms with Crippen molar-refractivity contribution in [2.24, 2.45) is 11.3 Å². The first-order valence-electron chi connectivity index (χ1n) is 10.4. The lowest BCUT2D eigenvalue weighted by Crippen LogP contribution is -2.61. The molecule has 6 aliphatic rings. The standard InChI is InChI=1S/C24H20N4/c1-4-16-5-2-14(1)13-24-8-7-19(24)17-11-15-3-6-20(18(17)12-15)28-22-21(25-9-10-26-22)27(16)23(24)28/h1-6,9-10,12,17,19,23H,7-8,11,13H2. The first-order chi connectivity index (χ1) is 13.8. The predicted octanol–water partition coefficient (Wildman–Crippen LogP) is 4.70. The maximum absolute atomic E-state index is 4.86. The van der Waals surface area contributed by atoms with Gasteiger partial charge in [-0.3, -0.25) is 0 Å². The molecule has 0 amide bonds. The second-order valence-electron chi connectivity index (χ2n) is 9.24. The van der Waals surface area contributed by atoms with Gasteiger partial charge in [0.1, 0.15) is 6.17 Å². The smallest absolute Gasteiger partial charge is 0.178 e. The van der Waals surface area contributed by atoms with Gasteiger partial charge in [0.05, 0.1) is 0 Å². The van der Waals surface area contributed by atoms with Gasteiger partial charge < -0.3 is 9.80 Å². The van der Waals surface area contributed by atoms with E-state index in [1.54, 1.807) is 5.56 Å². The summed E-state index contributed by atoms with van der Waals surface area (Å²) in [6.45, 7) is 0. The molecule has 1 fully saturated rings. The lowest BCUT2D eigenvalue weighted by molar-refractivity contribution is -0.00856. The van der Waals surface area contributed by atoms with Crippen molar-refractivity contribution in [3.63, 3.8) is 0 Å². The van der Waals surface area contributed by atoms with E-state index in [1.807, 2.05) is 12.4 Å². The van der Waals surface area contributed by atoms with Crippen molar-refractivity contribution < 1.29 is 0 Å². The average molecular weight is 364 g/mol. The fourth-order valence-corrected chi connectivity index (χ4v) is 7.07. The first-order valence-corrected chi connectivity index (χ1v) is 10.4. The Kier molecular flexibility index (Phi) is 2.23. The minimum atomic E-state index is 0.255. The van der Waals surface area contributed by atoms with Crippen LogP contribution in [0.5, 0.6) is 0 Å². The van der Waals surface area contributed by atoms with Crippen molar-refractivity contribution in [1.82, 2.24) is 9.97 Å². The zero-order chi connectivity index (χ0) is 18.0. The van der Waals surface area contributed by atoms with Crippen LogP contribution in [0.1, 0.15) is 35.4 Å². The zero-order valence-electron chi connectivity index (χ0n) is 15.5. The topological polar surface area (TPSA) is 32.3 Å². The Morgan fingerprint density at radius 2 is 1.68 bits per heavy atom. The molecule has 4 heteroatoms. The molecule has 5 heterocycles. The largest absolute Gasteiger partial charge is 0.301 e. The van der Waals surface area contributed by atoms with Crippen molar-refractivity contribution in [2.75, 3.05) is 9.80 Å². The van der Waals surface area contributed by atoms with E-state index in [2.05, 4.69) is 52.3 Å². The van der Waals surface area contributed by atoms with Crippen molar-refractivity contribution >= 4 is 23.0 Å². The highest BCUT2D eigenvalue weighted by molar-refractivity contribution is 5.86. The number of hydrogen-bond acceptors (Lipinski definition) is 4. The van der Waals surface area contributed by atoms with Gasteiger partial charge in [-0.05, 0) is 72.4 Å². The first kappa shape index (κ1) is 14.2. The molecule has 0 N–H and O–H groups in total. The third-order valence-corrected chi connectivity index (χ3v) is 8.22. The maximum Gasteiger partial charge on any atom is 0.178 e. The SMILES string of the molecule is c1cnc2c(n1)N1c3ccc(cc3)CC34CCC3C3Cc5ccc(c3c5)N2C14. The molecule has 2 aromatic carbocycles. The molecule has 1 saturated carbocycles. The number of anilines is 4. The summed E-state index contributed by atoms with van der Waals surface area (Å²) in [4.78, 5) is 14.7. The maximum atomic E-state index is 4.86. The van der Waals surface area contributed by atoms with E-state index in [4.69, 9.17) is 9.97 Å². The fourth-order valence-electron chi connectivity index (χ4n) is 7.07. The molecule has 4 bridgehead atoms. The number of aromatic nitrogens is 2. The average Bonchev–Trinajstić information content (AvgIpc) is 3.18. The number of fused-ring (bicyclic) bond motifs is 7. The molecule has 28 heavy (non-hydrogen) atoms. The summed E-state index contributed by atoms with van der Waals surface area (Å²) < 4.78 is 0. The van der Waals surface area contributed by atoms with Crippen LogP contribution in [-0.4, -0.2) is 16.1 Å². The minimum Gasteiger partial charge on any atom is -0.301 e. The van der Waals surface area contributed by atoms with Crippen molar-refractivity contribution in [3.8, 4) is 0 Å². The third kappa shape index (κ3) is 1.39. The molecule has 0 radical (unpaired) electrons. The Morgan fingerprint density at radius 1 is 0.893 bits per heavy atom. The van der Waals surface area contributed by atoms with E-state index in [-0.39, 0.29) is 11.6 Å². The lowest BCUT2D eigenvalue weighted by Gasteiger charge is -2.58. The summed E-state index contributed by atoms with van der Waals surface area (Å²) in [6, 6.07) is 16.4. The van der Waals surface area contributed by atoms with Gasteiger partial charge in [-0.1, -0.05) is 24.3 Å². The summed E-state index contributed by atoms with van der Waals surface area (Å²) in [5.41, 5.74) is 7.41. The minimum absolute atomic E-state index is 0.255. The van der Waals surface area contributed by atoms with Crippen molar-refractivity contribution in [3.05, 3.63) is 71.5 Å². The van der Waals surface area contributed by atoms with Gasteiger partial charge in [-0.15, -0.1) is 0 Å². The molecular weight excluding hydrogens is 344 g/mol. The van der Waals surface area contributed by atoms with Crippen LogP contribution in [-0.2, 0) is 12.8 Å². The second kappa shape index (κ2) is 4.40. The normalized spacial score (nSPS) is 32.1. The Bertz CT molecular complexity index is 1170. The summed E-state index contributed by atoms with van der Waals surface area (Å²) in [5, 5.41) is 0. The van der Waals surface area contributed by atoms with Crippen molar-refractivity contribution in [2.45, 2.75) is 37.8 Å². The van der Waals surface area contributed by atoms with Crippen LogP contribution in [0.2, 0.25) is 0 Å². The quantitative estimate of drug-likeness (QED) is 0.579. The van der Waals surface area contributed by atoms with Crippen LogP contribution >= 0.6 is 0 Å². The Balaban J connectivity index is 1.51. The monoisotopic (exact) mass is 364 g/mol. The molecule has 0 saturated heterocycles. The van der Waals surface area contributed by atoms with Crippen LogP contribution < -0.4 is 9.80 Å². The van der Waals surface area contributed by atoms with Crippen LogP contribution in [0.3, 0.4) is 0 Å². The van der Waals surface area contributed by atoms with Gasteiger partial charge in [0.25, 0.3) is 0 Å². The Hall–Kier alpha value is -2.88. The molecule has 4 nitrogen and oxygen atoms in total. The van der Waals surface area contributed by atoms with Gasteiger partial charge in [-0.25, -0.2) is 9.97 Å². The molecule has 1 aromatic heterocycles. The van der Waals surface area contributed by atoms with Crippen LogP contribution in [0.15, 0.2) is 54.9 Å². The molecule has 2 aliphatic carbocycles. The highest BCUT2D eigenvalue weighted by Gasteiger charge is 2.64. The fraction of sp³-hybridized carbons (Fsp3) is 0.333. The number of nitrogens with zero attached hydrogens (tertiary/aromatic N) is 4. The zero-order valence-corrected chi connectivity index (χ0v) is 15.5. The molecular formula is C24H20N4. The summed E-state index contributed by atoms with van der Waals surface area (Å²) >= 11 is 0. The van der Waals surface area contributed by atoms with Gasteiger partial charge in [0.2, 0.25) is 0 Å². The van der Waals surface area contributed by atoms with E-state index < -0.39 is 0 Å². The summed E-state index contributed by atoms with van der Waals surface area (Å²) in [5.74, 6) is 3.43. The number of benzene rings is 2. The molecule has 3 aromatic rings. The summed E-state index contributed by atoms with van der Waals surface area (Å²) in [6.07, 6.45) is 8.96. The molecule has 4 atom stereocenters. The van der Waals surface area contributed by atoms with E-state index in [9.17, 15) is 0 Å². The molecule has 9 rings (SSSR count). The lowest BCUT2D eigenvalue weighted by atomic mass is 9.51. The summed E-state index contributed by atoms with van der Waals surface area (Å²) in [7, 11) is 0. The molecule has 136 valence electrons. The number of rotatable bonds is 0. The van der Waals surface area contributed by atoms with Crippen molar-refractivity contribution in [1.29, 1.82) is 0 Å². The highest BCUT2D eigenvalue weighted by Crippen LogP contribution is 2.68. The molecule has 4 unspecified atom stereocenters. The Morgan fingerprint density at radius 3 is 2.46 bits per heavy atom. The van der Waals surface area contributed by atoms with Crippen LogP contribution in [0.25, 0.3) is 0 Å². The van der Waals surface area contributed by atoms with E-state index in [1.165, 1.54) is 41.8 Å². The molecule has 1 spiro atoms. The van der Waals surface area contributed by atoms with Crippen LogP contribution in [0, 0.1) is 11.3 Å². The van der Waals surface area contributed by atoms with Gasteiger partial charge >= 0.3 is 0 Å². The van der Waals surface area contributed by atoms with Gasteiger partial charge in [-0.2, -0.15) is 0 Å². The van der Waals surface area contributed by atoms with E-state index >= 15 is 0 Å².